The Labute approximate surface area is 153 Å². The van der Waals surface area contributed by atoms with Gasteiger partial charge in [0.05, 0.1) is 5.56 Å². The zero-order valence-electron chi connectivity index (χ0n) is 15.5. The summed E-state index contributed by atoms with van der Waals surface area (Å²) >= 11 is 0. The lowest BCUT2D eigenvalue weighted by molar-refractivity contribution is -0.139. The molecule has 0 radical (unpaired) electrons. The Bertz CT molecular complexity index is 733. The topological polar surface area (TPSA) is 90.5 Å². The first-order valence-corrected chi connectivity index (χ1v) is 9.11. The predicted molar refractivity (Wildman–Crippen MR) is 98.6 cm³/mol. The van der Waals surface area contributed by atoms with Gasteiger partial charge in [-0.1, -0.05) is 12.1 Å². The van der Waals surface area contributed by atoms with Gasteiger partial charge in [0.15, 0.2) is 0 Å². The first kappa shape index (κ1) is 18.2. The molecule has 26 heavy (non-hydrogen) atoms. The molecule has 0 aromatic heterocycles. The number of carbonyl (C=O) groups is 3. The van der Waals surface area contributed by atoms with Crippen molar-refractivity contribution in [1.82, 2.24) is 15.5 Å². The van der Waals surface area contributed by atoms with Gasteiger partial charge in [-0.25, -0.2) is 0 Å². The van der Waals surface area contributed by atoms with Crippen LogP contribution in [0.4, 0.5) is 5.69 Å². The summed E-state index contributed by atoms with van der Waals surface area (Å²) in [6, 6.07) is 6.84. The molecule has 2 aliphatic rings. The molecule has 0 unspecified atom stereocenters. The van der Waals surface area contributed by atoms with Crippen molar-refractivity contribution in [3.63, 3.8) is 0 Å². The zero-order chi connectivity index (χ0) is 18.9. The number of hydrogen-bond acceptors (Lipinski definition) is 4. The molecule has 1 saturated heterocycles. The lowest BCUT2D eigenvalue weighted by Crippen LogP contribution is -2.58. The lowest BCUT2D eigenvalue weighted by atomic mass is 9.95. The highest BCUT2D eigenvalue weighted by Crippen LogP contribution is 2.31. The maximum Gasteiger partial charge on any atom is 0.255 e. The second-order valence-electron chi connectivity index (χ2n) is 7.38. The van der Waals surface area contributed by atoms with Crippen molar-refractivity contribution in [3.05, 3.63) is 29.8 Å². The van der Waals surface area contributed by atoms with Gasteiger partial charge in [-0.2, -0.15) is 0 Å². The van der Waals surface area contributed by atoms with Crippen molar-refractivity contribution in [2.75, 3.05) is 11.9 Å². The van der Waals surface area contributed by atoms with Gasteiger partial charge in [-0.05, 0) is 39.3 Å². The van der Waals surface area contributed by atoms with E-state index in [-0.39, 0.29) is 30.2 Å². The molecule has 7 nitrogen and oxygen atoms in total. The second-order valence-corrected chi connectivity index (χ2v) is 7.38. The molecule has 3 amide bonds. The fraction of sp³-hybridized carbons (Fsp3) is 0.526. The average Bonchev–Trinajstić information content (AvgIpc) is 2.73. The monoisotopic (exact) mass is 358 g/mol. The van der Waals surface area contributed by atoms with E-state index in [0.717, 1.165) is 5.69 Å². The molecule has 1 aromatic carbocycles. The number of para-hydroxylation sites is 1. The van der Waals surface area contributed by atoms with Gasteiger partial charge in [0.25, 0.3) is 5.91 Å². The summed E-state index contributed by atoms with van der Waals surface area (Å²) in [6.45, 7) is 5.93. The molecule has 0 bridgehead atoms. The van der Waals surface area contributed by atoms with E-state index < -0.39 is 11.7 Å². The molecule has 0 aliphatic carbocycles. The third kappa shape index (κ3) is 3.52. The van der Waals surface area contributed by atoms with Crippen molar-refractivity contribution < 1.29 is 14.4 Å². The van der Waals surface area contributed by atoms with Gasteiger partial charge in [-0.3, -0.25) is 14.4 Å². The average molecular weight is 358 g/mol. The molecule has 1 aromatic rings. The fourth-order valence-corrected chi connectivity index (χ4v) is 3.60. The number of fused-ring (bicyclic) bond motifs is 1. The summed E-state index contributed by atoms with van der Waals surface area (Å²) in [5.41, 5.74) is 0.724. The molecule has 2 aliphatic heterocycles. The standard InChI is InChI=1S/C19H26N4O3/c1-12(2)20-17(25)13(3)23-11-10-19(9-8-16(23)24)21-15-7-5-4-6-14(15)18(26)22-19/h4-7,12-13,21H,8-11H2,1-3H3,(H,20,25)(H,22,26)/t13-,19+/m1/s1. The first-order chi connectivity index (χ1) is 12.3. The van der Waals surface area contributed by atoms with Crippen LogP contribution in [0.1, 0.15) is 50.4 Å². The van der Waals surface area contributed by atoms with E-state index in [0.29, 0.717) is 24.9 Å². The highest BCUT2D eigenvalue weighted by molar-refractivity contribution is 6.02. The van der Waals surface area contributed by atoms with Crippen molar-refractivity contribution >= 4 is 23.4 Å². The summed E-state index contributed by atoms with van der Waals surface area (Å²) in [5, 5.41) is 9.31. The van der Waals surface area contributed by atoms with Gasteiger partial charge < -0.3 is 20.9 Å². The van der Waals surface area contributed by atoms with Crippen molar-refractivity contribution in [2.24, 2.45) is 0 Å². The number of carbonyl (C=O) groups excluding carboxylic acids is 3. The van der Waals surface area contributed by atoms with Gasteiger partial charge in [0.2, 0.25) is 11.8 Å². The van der Waals surface area contributed by atoms with Crippen LogP contribution in [0, 0.1) is 0 Å². The number of hydrogen-bond donors (Lipinski definition) is 3. The molecule has 1 fully saturated rings. The van der Waals surface area contributed by atoms with Crippen molar-refractivity contribution in [2.45, 2.75) is 57.8 Å². The van der Waals surface area contributed by atoms with Crippen LogP contribution in [0.2, 0.25) is 0 Å². The lowest BCUT2D eigenvalue weighted by Gasteiger charge is -2.40. The van der Waals surface area contributed by atoms with Crippen LogP contribution in [0.15, 0.2) is 24.3 Å². The maximum atomic E-state index is 12.6. The maximum absolute atomic E-state index is 12.6. The van der Waals surface area contributed by atoms with E-state index in [1.165, 1.54) is 0 Å². The Morgan fingerprint density at radius 1 is 1.15 bits per heavy atom. The number of likely N-dealkylation sites (tertiary alicyclic amines) is 1. The van der Waals surface area contributed by atoms with E-state index in [2.05, 4.69) is 16.0 Å². The largest absolute Gasteiger partial charge is 0.362 e. The van der Waals surface area contributed by atoms with E-state index in [1.807, 2.05) is 32.0 Å². The summed E-state index contributed by atoms with van der Waals surface area (Å²) in [5.74, 6) is -0.357. The summed E-state index contributed by atoms with van der Waals surface area (Å²) in [4.78, 5) is 39.0. The number of nitrogens with zero attached hydrogens (tertiary/aromatic N) is 1. The van der Waals surface area contributed by atoms with E-state index in [9.17, 15) is 14.4 Å². The second kappa shape index (κ2) is 6.97. The Morgan fingerprint density at radius 3 is 2.62 bits per heavy atom. The SMILES string of the molecule is CC(C)NC(=O)[C@@H](C)N1CC[C@]2(CCC1=O)NC(=O)c1ccccc1N2. The van der Waals surface area contributed by atoms with E-state index in [4.69, 9.17) is 0 Å². The van der Waals surface area contributed by atoms with Crippen LogP contribution >= 0.6 is 0 Å². The van der Waals surface area contributed by atoms with Crippen LogP contribution in [0.25, 0.3) is 0 Å². The highest BCUT2D eigenvalue weighted by atomic mass is 16.2. The minimum Gasteiger partial charge on any atom is -0.362 e. The van der Waals surface area contributed by atoms with Crippen LogP contribution in [-0.4, -0.2) is 46.9 Å². The van der Waals surface area contributed by atoms with Crippen LogP contribution in [0.3, 0.4) is 0 Å². The van der Waals surface area contributed by atoms with E-state index in [1.54, 1.807) is 17.9 Å². The normalized spacial score (nSPS) is 23.8. The zero-order valence-corrected chi connectivity index (χ0v) is 15.5. The molecule has 1 spiro atoms. The number of benzene rings is 1. The van der Waals surface area contributed by atoms with Gasteiger partial charge in [0.1, 0.15) is 11.7 Å². The Morgan fingerprint density at radius 2 is 1.88 bits per heavy atom. The Hall–Kier alpha value is -2.57. The minimum absolute atomic E-state index is 0.0224. The molecular formula is C19H26N4O3. The summed E-state index contributed by atoms with van der Waals surface area (Å²) in [7, 11) is 0. The van der Waals surface area contributed by atoms with Gasteiger partial charge in [-0.15, -0.1) is 0 Å². The van der Waals surface area contributed by atoms with Crippen LogP contribution in [-0.2, 0) is 9.59 Å². The predicted octanol–water partition coefficient (Wildman–Crippen LogP) is 1.46. The molecule has 140 valence electrons. The number of amides is 3. The number of anilines is 1. The third-order valence-electron chi connectivity index (χ3n) is 5.04. The molecule has 0 saturated carbocycles. The number of rotatable bonds is 3. The first-order valence-electron chi connectivity index (χ1n) is 9.11. The quantitative estimate of drug-likeness (QED) is 0.763. The van der Waals surface area contributed by atoms with Gasteiger partial charge >= 0.3 is 0 Å². The molecule has 3 rings (SSSR count). The summed E-state index contributed by atoms with van der Waals surface area (Å²) in [6.07, 6.45) is 1.30. The van der Waals surface area contributed by atoms with Gasteiger partial charge in [0, 0.05) is 31.1 Å². The van der Waals surface area contributed by atoms with Crippen LogP contribution < -0.4 is 16.0 Å². The molecular weight excluding hydrogens is 332 g/mol. The third-order valence-corrected chi connectivity index (χ3v) is 5.04. The highest BCUT2D eigenvalue weighted by Gasteiger charge is 2.41. The molecule has 2 heterocycles. The van der Waals surface area contributed by atoms with Crippen molar-refractivity contribution in [1.29, 1.82) is 0 Å². The summed E-state index contributed by atoms with van der Waals surface area (Å²) < 4.78 is 0. The number of nitrogens with one attached hydrogen (secondary N) is 3. The minimum atomic E-state index is -0.663. The van der Waals surface area contributed by atoms with Crippen molar-refractivity contribution in [3.8, 4) is 0 Å². The molecule has 3 N–H and O–H groups in total. The Balaban J connectivity index is 1.76. The fourth-order valence-electron chi connectivity index (χ4n) is 3.60. The van der Waals surface area contributed by atoms with E-state index >= 15 is 0 Å². The van der Waals surface area contributed by atoms with Crippen LogP contribution in [0.5, 0.6) is 0 Å². The molecule has 7 heteroatoms. The Kier molecular flexibility index (Phi) is 4.89. The molecule has 2 atom stereocenters. The smallest absolute Gasteiger partial charge is 0.255 e.